The predicted octanol–water partition coefficient (Wildman–Crippen LogP) is 2.35. The summed E-state index contributed by atoms with van der Waals surface area (Å²) in [5, 5.41) is 19.5. The Labute approximate surface area is 140 Å². The molecule has 1 atom stereocenters. The minimum absolute atomic E-state index is 0.197. The Balaban J connectivity index is 1.40. The lowest BCUT2D eigenvalue weighted by Crippen LogP contribution is -2.29. The Morgan fingerprint density at radius 1 is 1.39 bits per heavy atom. The first-order chi connectivity index (χ1) is 11.3. The van der Waals surface area contributed by atoms with Gasteiger partial charge in [-0.25, -0.2) is 0 Å². The van der Waals surface area contributed by atoms with E-state index in [0.717, 1.165) is 30.5 Å². The van der Waals surface area contributed by atoms with Crippen LogP contribution in [0.15, 0.2) is 41.1 Å². The summed E-state index contributed by atoms with van der Waals surface area (Å²) in [5.41, 5.74) is 3.31. The van der Waals surface area contributed by atoms with Crippen molar-refractivity contribution in [2.24, 2.45) is 5.16 Å². The highest BCUT2D eigenvalue weighted by Crippen LogP contribution is 2.26. The first kappa shape index (κ1) is 16.1. The molecule has 0 saturated heterocycles. The minimum atomic E-state index is -0.582. The van der Waals surface area contributed by atoms with Crippen molar-refractivity contribution in [2.45, 2.75) is 31.9 Å². The standard InChI is InChI=1S/C17H21N3O2S/c21-14(11-19-10-13-3-2-7-18-9-13)12-22-20-16-4-1-5-17-15(16)6-8-23-17/h2-3,6-9,14,19,21H,1,4-5,10-12H2/b20-16+. The summed E-state index contributed by atoms with van der Waals surface area (Å²) in [7, 11) is 0. The topological polar surface area (TPSA) is 66.7 Å². The fraction of sp³-hybridized carbons (Fsp3) is 0.412. The van der Waals surface area contributed by atoms with E-state index in [0.29, 0.717) is 13.1 Å². The molecule has 2 aromatic rings. The SMILES string of the molecule is OC(CNCc1cccnc1)CO/N=C1\CCCc2sccc21. The molecule has 1 aliphatic rings. The summed E-state index contributed by atoms with van der Waals surface area (Å²) in [6.45, 7) is 1.34. The third kappa shape index (κ3) is 4.60. The van der Waals surface area contributed by atoms with Crippen LogP contribution in [0.3, 0.4) is 0 Å². The molecular weight excluding hydrogens is 310 g/mol. The molecule has 5 nitrogen and oxygen atoms in total. The van der Waals surface area contributed by atoms with Gasteiger partial charge in [0, 0.05) is 35.9 Å². The monoisotopic (exact) mass is 331 g/mol. The largest absolute Gasteiger partial charge is 0.393 e. The fourth-order valence-electron chi connectivity index (χ4n) is 2.58. The smallest absolute Gasteiger partial charge is 0.144 e. The average Bonchev–Trinajstić information content (AvgIpc) is 3.05. The van der Waals surface area contributed by atoms with E-state index in [-0.39, 0.29) is 6.61 Å². The third-order valence-electron chi connectivity index (χ3n) is 3.75. The van der Waals surface area contributed by atoms with Gasteiger partial charge in [-0.2, -0.15) is 0 Å². The number of nitrogens with zero attached hydrogens (tertiary/aromatic N) is 2. The molecule has 1 unspecified atom stereocenters. The van der Waals surface area contributed by atoms with Crippen LogP contribution >= 0.6 is 11.3 Å². The Morgan fingerprint density at radius 3 is 3.22 bits per heavy atom. The second-order valence-electron chi connectivity index (χ2n) is 5.59. The number of hydrogen-bond donors (Lipinski definition) is 2. The van der Waals surface area contributed by atoms with Crippen LogP contribution in [0.4, 0.5) is 0 Å². The van der Waals surface area contributed by atoms with Crippen molar-refractivity contribution in [3.8, 4) is 0 Å². The number of thiophene rings is 1. The van der Waals surface area contributed by atoms with E-state index in [1.54, 1.807) is 17.5 Å². The molecule has 0 aromatic carbocycles. The number of pyridine rings is 1. The molecule has 6 heteroatoms. The summed E-state index contributed by atoms with van der Waals surface area (Å²) in [6, 6.07) is 6.00. The highest BCUT2D eigenvalue weighted by Gasteiger charge is 2.17. The summed E-state index contributed by atoms with van der Waals surface area (Å²) in [5.74, 6) is 0. The zero-order valence-corrected chi connectivity index (χ0v) is 13.8. The normalized spacial score (nSPS) is 17.0. The summed E-state index contributed by atoms with van der Waals surface area (Å²) in [6.07, 6.45) is 6.16. The molecule has 3 rings (SSSR count). The summed E-state index contributed by atoms with van der Waals surface area (Å²) in [4.78, 5) is 10.8. The highest BCUT2D eigenvalue weighted by atomic mass is 32.1. The van der Waals surface area contributed by atoms with Crippen molar-refractivity contribution in [3.63, 3.8) is 0 Å². The maximum Gasteiger partial charge on any atom is 0.144 e. The molecule has 2 heterocycles. The molecule has 0 spiro atoms. The summed E-state index contributed by atoms with van der Waals surface area (Å²) < 4.78 is 0. The highest BCUT2D eigenvalue weighted by molar-refractivity contribution is 7.10. The van der Waals surface area contributed by atoms with Gasteiger partial charge >= 0.3 is 0 Å². The molecule has 0 amide bonds. The lowest BCUT2D eigenvalue weighted by molar-refractivity contribution is 0.0400. The van der Waals surface area contributed by atoms with Crippen LogP contribution in [0.2, 0.25) is 0 Å². The number of hydrogen-bond acceptors (Lipinski definition) is 6. The van der Waals surface area contributed by atoms with Gasteiger partial charge < -0.3 is 15.3 Å². The lowest BCUT2D eigenvalue weighted by Gasteiger charge is -2.14. The van der Waals surface area contributed by atoms with Gasteiger partial charge in [-0.3, -0.25) is 4.98 Å². The van der Waals surface area contributed by atoms with Gasteiger partial charge in [0.1, 0.15) is 12.7 Å². The van der Waals surface area contributed by atoms with E-state index in [1.807, 2.05) is 18.3 Å². The van der Waals surface area contributed by atoms with Gasteiger partial charge in [-0.05, 0) is 42.3 Å². The van der Waals surface area contributed by atoms with Gasteiger partial charge in [0.2, 0.25) is 0 Å². The second kappa shape index (κ2) is 8.19. The van der Waals surface area contributed by atoms with Crippen LogP contribution in [0, 0.1) is 0 Å². The minimum Gasteiger partial charge on any atom is -0.393 e. The van der Waals surface area contributed by atoms with E-state index in [4.69, 9.17) is 4.84 Å². The van der Waals surface area contributed by atoms with Gasteiger partial charge in [0.15, 0.2) is 0 Å². The Bertz CT molecular complexity index is 642. The van der Waals surface area contributed by atoms with Gasteiger partial charge in [0.05, 0.1) is 5.71 Å². The number of oxime groups is 1. The maximum absolute atomic E-state index is 9.94. The second-order valence-corrected chi connectivity index (χ2v) is 6.59. The van der Waals surface area contributed by atoms with E-state index in [9.17, 15) is 5.11 Å². The van der Waals surface area contributed by atoms with Crippen LogP contribution in [0.5, 0.6) is 0 Å². The zero-order chi connectivity index (χ0) is 15.9. The van der Waals surface area contributed by atoms with Crippen molar-refractivity contribution < 1.29 is 9.94 Å². The molecule has 2 N–H and O–H groups in total. The zero-order valence-electron chi connectivity index (χ0n) is 12.9. The summed E-state index contributed by atoms with van der Waals surface area (Å²) >= 11 is 1.78. The van der Waals surface area contributed by atoms with Crippen LogP contribution in [0.1, 0.15) is 28.8 Å². The molecule has 1 aliphatic carbocycles. The molecule has 0 aliphatic heterocycles. The fourth-order valence-corrected chi connectivity index (χ4v) is 3.53. The first-order valence-electron chi connectivity index (χ1n) is 7.86. The molecule has 0 bridgehead atoms. The first-order valence-corrected chi connectivity index (χ1v) is 8.74. The number of aliphatic hydroxyl groups is 1. The third-order valence-corrected chi connectivity index (χ3v) is 4.73. The quantitative estimate of drug-likeness (QED) is 0.764. The molecule has 0 saturated carbocycles. The predicted molar refractivity (Wildman–Crippen MR) is 91.7 cm³/mol. The van der Waals surface area contributed by atoms with Gasteiger partial charge in [-0.15, -0.1) is 11.3 Å². The van der Waals surface area contributed by atoms with E-state index >= 15 is 0 Å². The van der Waals surface area contributed by atoms with Crippen molar-refractivity contribution in [2.75, 3.05) is 13.2 Å². The molecule has 2 aromatic heterocycles. The van der Waals surface area contributed by atoms with E-state index < -0.39 is 6.10 Å². The molecule has 23 heavy (non-hydrogen) atoms. The van der Waals surface area contributed by atoms with Crippen molar-refractivity contribution >= 4 is 17.0 Å². The van der Waals surface area contributed by atoms with Crippen molar-refractivity contribution in [1.29, 1.82) is 0 Å². The number of rotatable bonds is 7. The number of aryl methyl sites for hydroxylation is 1. The number of aliphatic hydroxyl groups excluding tert-OH is 1. The van der Waals surface area contributed by atoms with Crippen LogP contribution in [-0.4, -0.2) is 35.1 Å². The molecular formula is C17H21N3O2S. The number of aromatic nitrogens is 1. The Morgan fingerprint density at radius 2 is 2.35 bits per heavy atom. The van der Waals surface area contributed by atoms with Crippen LogP contribution < -0.4 is 5.32 Å². The van der Waals surface area contributed by atoms with Crippen LogP contribution in [0.25, 0.3) is 0 Å². The number of nitrogens with one attached hydrogen (secondary N) is 1. The Kier molecular flexibility index (Phi) is 5.74. The lowest BCUT2D eigenvalue weighted by atomic mass is 9.97. The van der Waals surface area contributed by atoms with Crippen molar-refractivity contribution in [1.82, 2.24) is 10.3 Å². The van der Waals surface area contributed by atoms with Gasteiger partial charge in [0.25, 0.3) is 0 Å². The molecule has 0 radical (unpaired) electrons. The van der Waals surface area contributed by atoms with E-state index in [2.05, 4.69) is 26.9 Å². The average molecular weight is 331 g/mol. The molecule has 0 fully saturated rings. The molecule has 122 valence electrons. The van der Waals surface area contributed by atoms with Gasteiger partial charge in [-0.1, -0.05) is 11.2 Å². The number of fused-ring (bicyclic) bond motifs is 1. The Hall–Kier alpha value is -1.76. The van der Waals surface area contributed by atoms with E-state index in [1.165, 1.54) is 10.4 Å². The maximum atomic E-state index is 9.94. The van der Waals surface area contributed by atoms with Crippen LogP contribution in [-0.2, 0) is 17.8 Å². The van der Waals surface area contributed by atoms with Crippen molar-refractivity contribution in [3.05, 3.63) is 52.0 Å².